The van der Waals surface area contributed by atoms with Gasteiger partial charge in [0.15, 0.2) is 11.5 Å². The molecule has 1 N–H and O–H groups in total. The van der Waals surface area contributed by atoms with Crippen LogP contribution in [0, 0.1) is 5.92 Å². The van der Waals surface area contributed by atoms with Crippen LogP contribution in [0.1, 0.15) is 43.0 Å². The van der Waals surface area contributed by atoms with Gasteiger partial charge in [-0.1, -0.05) is 32.0 Å². The smallest absolute Gasteiger partial charge is 0.416 e. The van der Waals surface area contributed by atoms with Crippen LogP contribution >= 0.6 is 0 Å². The van der Waals surface area contributed by atoms with Gasteiger partial charge in [-0.15, -0.1) is 0 Å². The molecule has 3 rings (SSSR count). The summed E-state index contributed by atoms with van der Waals surface area (Å²) in [6, 6.07) is 10.1. The third-order valence-corrected chi connectivity index (χ3v) is 4.74. The van der Waals surface area contributed by atoms with Gasteiger partial charge in [0, 0.05) is 12.5 Å². The lowest BCUT2D eigenvalue weighted by Crippen LogP contribution is -2.30. The van der Waals surface area contributed by atoms with Crippen LogP contribution in [-0.2, 0) is 11.0 Å². The molecule has 30 heavy (non-hydrogen) atoms. The summed E-state index contributed by atoms with van der Waals surface area (Å²) in [7, 11) is 0. The van der Waals surface area contributed by atoms with Crippen molar-refractivity contribution < 1.29 is 27.4 Å². The third-order valence-electron chi connectivity index (χ3n) is 4.74. The molecule has 4 nitrogen and oxygen atoms in total. The normalized spacial score (nSPS) is 15.1. The minimum absolute atomic E-state index is 0.0839. The summed E-state index contributed by atoms with van der Waals surface area (Å²) in [6.45, 7) is 5.11. The van der Waals surface area contributed by atoms with E-state index in [0.717, 1.165) is 24.1 Å². The highest BCUT2D eigenvalue weighted by Gasteiger charge is 2.30. The Kier molecular flexibility index (Phi) is 6.70. The van der Waals surface area contributed by atoms with Crippen molar-refractivity contribution in [2.75, 3.05) is 13.2 Å². The Morgan fingerprint density at radius 1 is 1.07 bits per heavy atom. The molecule has 1 unspecified atom stereocenters. The minimum atomic E-state index is -4.42. The van der Waals surface area contributed by atoms with Gasteiger partial charge in [0.2, 0.25) is 5.91 Å². The van der Waals surface area contributed by atoms with Crippen molar-refractivity contribution in [3.8, 4) is 11.5 Å². The summed E-state index contributed by atoms with van der Waals surface area (Å²) in [6.07, 6.45) is -1.01. The second-order valence-electron chi connectivity index (χ2n) is 7.44. The van der Waals surface area contributed by atoms with Crippen molar-refractivity contribution in [2.45, 2.75) is 32.5 Å². The second-order valence-corrected chi connectivity index (χ2v) is 7.44. The SMILES string of the molecule is CC(C)C(NC(=O)C=Cc1cccc(C(F)(F)F)c1)c1ccc2c(c1)OCCCO2. The van der Waals surface area contributed by atoms with Gasteiger partial charge in [-0.2, -0.15) is 13.2 Å². The number of alkyl halides is 3. The standard InChI is InChI=1S/C23H24F3NO3/c1-15(2)22(17-8-9-19-20(14-17)30-12-4-11-29-19)27-21(28)10-7-16-5-3-6-18(13-16)23(24,25)26/h3,5-10,13-15,22H,4,11-12H2,1-2H3,(H,27,28). The molecule has 1 aliphatic rings. The van der Waals surface area contributed by atoms with Crippen LogP contribution in [0.15, 0.2) is 48.5 Å². The molecule has 0 aromatic heterocycles. The fourth-order valence-electron chi connectivity index (χ4n) is 3.20. The van der Waals surface area contributed by atoms with Crippen molar-refractivity contribution in [3.05, 3.63) is 65.2 Å². The van der Waals surface area contributed by atoms with Crippen molar-refractivity contribution in [1.82, 2.24) is 5.32 Å². The van der Waals surface area contributed by atoms with Gasteiger partial charge >= 0.3 is 6.18 Å². The Morgan fingerprint density at radius 3 is 2.50 bits per heavy atom. The fourth-order valence-corrected chi connectivity index (χ4v) is 3.20. The van der Waals surface area contributed by atoms with Crippen LogP contribution in [0.5, 0.6) is 11.5 Å². The van der Waals surface area contributed by atoms with Crippen molar-refractivity contribution >= 4 is 12.0 Å². The first kappa shape index (κ1) is 21.7. The maximum absolute atomic E-state index is 12.8. The summed E-state index contributed by atoms with van der Waals surface area (Å²) in [5.41, 5.74) is 0.420. The summed E-state index contributed by atoms with van der Waals surface area (Å²) >= 11 is 0. The molecule has 0 fully saturated rings. The average Bonchev–Trinajstić information content (AvgIpc) is 2.94. The molecule has 0 bridgehead atoms. The number of halogens is 3. The molecule has 0 spiro atoms. The fraction of sp³-hybridized carbons (Fsp3) is 0.348. The van der Waals surface area contributed by atoms with E-state index in [1.54, 1.807) is 0 Å². The maximum atomic E-state index is 12.8. The molecule has 0 radical (unpaired) electrons. The molecule has 160 valence electrons. The van der Waals surface area contributed by atoms with Crippen LogP contribution in [0.2, 0.25) is 0 Å². The number of ether oxygens (including phenoxy) is 2. The summed E-state index contributed by atoms with van der Waals surface area (Å²) in [4.78, 5) is 12.5. The van der Waals surface area contributed by atoms with Gasteiger partial charge in [-0.25, -0.2) is 0 Å². The Labute approximate surface area is 173 Å². The average molecular weight is 419 g/mol. The predicted molar refractivity (Wildman–Crippen MR) is 108 cm³/mol. The van der Waals surface area contributed by atoms with E-state index in [1.807, 2.05) is 32.0 Å². The van der Waals surface area contributed by atoms with E-state index in [9.17, 15) is 18.0 Å². The highest BCUT2D eigenvalue weighted by molar-refractivity contribution is 5.92. The number of amides is 1. The van der Waals surface area contributed by atoms with Gasteiger partial charge in [0.1, 0.15) is 0 Å². The first-order chi connectivity index (χ1) is 14.2. The highest BCUT2D eigenvalue weighted by Crippen LogP contribution is 2.34. The molecule has 1 heterocycles. The molecule has 1 amide bonds. The number of hydrogen-bond donors (Lipinski definition) is 1. The van der Waals surface area contributed by atoms with Crippen molar-refractivity contribution in [2.24, 2.45) is 5.92 Å². The molecule has 2 aromatic carbocycles. The van der Waals surface area contributed by atoms with Crippen molar-refractivity contribution in [3.63, 3.8) is 0 Å². The molecule has 1 atom stereocenters. The number of rotatable bonds is 5. The zero-order chi connectivity index (χ0) is 21.7. The third kappa shape index (κ3) is 5.55. The molecular formula is C23H24F3NO3. The molecule has 7 heteroatoms. The Hall–Kier alpha value is -2.96. The molecule has 0 saturated heterocycles. The number of fused-ring (bicyclic) bond motifs is 1. The van der Waals surface area contributed by atoms with Crippen LogP contribution in [-0.4, -0.2) is 19.1 Å². The lowest BCUT2D eigenvalue weighted by atomic mass is 9.95. The van der Waals surface area contributed by atoms with Crippen LogP contribution in [0.3, 0.4) is 0 Å². The van der Waals surface area contributed by atoms with Crippen LogP contribution < -0.4 is 14.8 Å². The van der Waals surface area contributed by atoms with Crippen molar-refractivity contribution in [1.29, 1.82) is 0 Å². The monoisotopic (exact) mass is 419 g/mol. The van der Waals surface area contributed by atoms with E-state index >= 15 is 0 Å². The topological polar surface area (TPSA) is 47.6 Å². The lowest BCUT2D eigenvalue weighted by Gasteiger charge is -2.23. The number of nitrogens with one attached hydrogen (secondary N) is 1. The largest absolute Gasteiger partial charge is 0.490 e. The van der Waals surface area contributed by atoms with E-state index in [0.29, 0.717) is 30.3 Å². The summed E-state index contributed by atoms with van der Waals surface area (Å²) in [5.74, 6) is 1.01. The highest BCUT2D eigenvalue weighted by atomic mass is 19.4. The number of hydrogen-bond acceptors (Lipinski definition) is 3. The van der Waals surface area contributed by atoms with Crippen LogP contribution in [0.25, 0.3) is 6.08 Å². The van der Waals surface area contributed by atoms with E-state index in [2.05, 4.69) is 5.32 Å². The number of benzene rings is 2. The first-order valence-electron chi connectivity index (χ1n) is 9.79. The quantitative estimate of drug-likeness (QED) is 0.661. The Bertz CT molecular complexity index is 922. The van der Waals surface area contributed by atoms with Gasteiger partial charge in [-0.05, 0) is 47.4 Å². The molecule has 1 aliphatic heterocycles. The molecular weight excluding hydrogens is 395 g/mol. The van der Waals surface area contributed by atoms with Crippen LogP contribution in [0.4, 0.5) is 13.2 Å². The molecule has 0 saturated carbocycles. The summed E-state index contributed by atoms with van der Waals surface area (Å²) < 4.78 is 49.9. The van der Waals surface area contributed by atoms with E-state index < -0.39 is 17.6 Å². The van der Waals surface area contributed by atoms with E-state index in [4.69, 9.17) is 9.47 Å². The minimum Gasteiger partial charge on any atom is -0.490 e. The zero-order valence-electron chi connectivity index (χ0n) is 16.8. The number of carbonyl (C=O) groups is 1. The van der Waals surface area contributed by atoms with Gasteiger partial charge in [-0.3, -0.25) is 4.79 Å². The van der Waals surface area contributed by atoms with Gasteiger partial charge < -0.3 is 14.8 Å². The maximum Gasteiger partial charge on any atom is 0.416 e. The van der Waals surface area contributed by atoms with Gasteiger partial charge in [0.25, 0.3) is 0 Å². The first-order valence-corrected chi connectivity index (χ1v) is 9.79. The lowest BCUT2D eigenvalue weighted by molar-refractivity contribution is -0.137. The molecule has 0 aliphatic carbocycles. The Morgan fingerprint density at radius 2 is 1.80 bits per heavy atom. The number of carbonyl (C=O) groups excluding carboxylic acids is 1. The van der Waals surface area contributed by atoms with E-state index in [-0.39, 0.29) is 12.0 Å². The van der Waals surface area contributed by atoms with Gasteiger partial charge in [0.05, 0.1) is 24.8 Å². The molecule has 2 aromatic rings. The second kappa shape index (κ2) is 9.24. The zero-order valence-corrected chi connectivity index (χ0v) is 16.8. The summed E-state index contributed by atoms with van der Waals surface area (Å²) in [5, 5.41) is 2.93. The van der Waals surface area contributed by atoms with E-state index in [1.165, 1.54) is 24.3 Å². The predicted octanol–water partition coefficient (Wildman–Crippen LogP) is 5.39. The Balaban J connectivity index is 1.73.